The second-order valence-corrected chi connectivity index (χ2v) is 8.65. The lowest BCUT2D eigenvalue weighted by Crippen LogP contribution is -2.55. The Morgan fingerprint density at radius 2 is 2.21 bits per heavy atom. The molecule has 0 aromatic carbocycles. The molecule has 0 spiro atoms. The van der Waals surface area contributed by atoms with E-state index >= 15 is 0 Å². The van der Waals surface area contributed by atoms with Gasteiger partial charge in [-0.1, -0.05) is 0 Å². The monoisotopic (exact) mass is 399 g/mol. The molecule has 2 N–H and O–H groups in total. The predicted molar refractivity (Wildman–Crippen MR) is 109 cm³/mol. The normalized spacial score (nSPS) is 29.1. The second kappa shape index (κ2) is 7.59. The molecule has 0 saturated carbocycles. The van der Waals surface area contributed by atoms with Crippen molar-refractivity contribution in [1.29, 1.82) is 0 Å². The number of fused-ring (bicyclic) bond motifs is 1. The number of likely N-dealkylation sites (tertiary alicyclic amines) is 1. The van der Waals surface area contributed by atoms with Gasteiger partial charge in [0.15, 0.2) is 0 Å². The molecule has 8 nitrogen and oxygen atoms in total. The van der Waals surface area contributed by atoms with Crippen LogP contribution in [0.15, 0.2) is 24.5 Å². The number of rotatable bonds is 4. The number of pyridine rings is 1. The van der Waals surface area contributed by atoms with Gasteiger partial charge in [-0.25, -0.2) is 4.52 Å². The highest BCUT2D eigenvalue weighted by Crippen LogP contribution is 2.31. The highest BCUT2D eigenvalue weighted by Gasteiger charge is 2.34. The van der Waals surface area contributed by atoms with Crippen LogP contribution in [0.25, 0.3) is 5.52 Å². The Kier molecular flexibility index (Phi) is 4.93. The van der Waals surface area contributed by atoms with Crippen molar-refractivity contribution in [3.05, 3.63) is 30.1 Å². The summed E-state index contributed by atoms with van der Waals surface area (Å²) >= 11 is 0. The maximum atomic E-state index is 11.5. The van der Waals surface area contributed by atoms with Gasteiger partial charge in [0.25, 0.3) is 0 Å². The Bertz CT molecular complexity index is 896. The summed E-state index contributed by atoms with van der Waals surface area (Å²) in [7, 11) is 0. The van der Waals surface area contributed by atoms with E-state index < -0.39 is 6.35 Å². The molecule has 5 rings (SSSR count). The summed E-state index contributed by atoms with van der Waals surface area (Å²) in [5.74, 6) is 0.552. The van der Waals surface area contributed by atoms with Gasteiger partial charge in [0, 0.05) is 25.2 Å². The summed E-state index contributed by atoms with van der Waals surface area (Å²) < 4.78 is 7.21. The largest absolute Gasteiger partial charge is 0.378 e. The molecular formula is C21H29N5O3. The Morgan fingerprint density at radius 3 is 2.93 bits per heavy atom. The molecule has 156 valence electrons. The van der Waals surface area contributed by atoms with E-state index in [1.54, 1.807) is 11.1 Å². The van der Waals surface area contributed by atoms with Crippen LogP contribution in [0.4, 0.5) is 5.69 Å². The van der Waals surface area contributed by atoms with Gasteiger partial charge in [-0.3, -0.25) is 9.69 Å². The van der Waals surface area contributed by atoms with E-state index in [9.17, 15) is 9.90 Å². The number of carbonyl (C=O) groups excluding carboxylic acids is 1. The molecule has 5 heterocycles. The zero-order valence-electron chi connectivity index (χ0n) is 16.8. The SMILES string of the molecule is C[C@H]1C[C@H](Cc2ccn3ncc(N4CCC(=O)NC4O)c3c2)CCN1C1COC1. The number of amides is 1. The Hall–Kier alpha value is -2.16. The first-order valence-corrected chi connectivity index (χ1v) is 10.6. The number of nitrogens with one attached hydrogen (secondary N) is 1. The van der Waals surface area contributed by atoms with Crippen molar-refractivity contribution in [2.45, 2.75) is 51.0 Å². The van der Waals surface area contributed by atoms with Gasteiger partial charge >= 0.3 is 0 Å². The van der Waals surface area contributed by atoms with Crippen molar-refractivity contribution in [2.24, 2.45) is 5.92 Å². The topological polar surface area (TPSA) is 82.3 Å². The molecule has 0 radical (unpaired) electrons. The standard InChI is InChI=1S/C21H29N5O3/c1-14-8-15(2-5-24(14)17-12-29-13-17)9-16-3-7-26-18(10-16)19(11-22-26)25-6-4-20(27)23-21(25)28/h3,7,10-11,14-15,17,21,28H,2,4-6,8-9,12-13H2,1H3,(H,23,27)/t14-,15+,21?/m0/s1. The van der Waals surface area contributed by atoms with Crippen molar-refractivity contribution in [3.8, 4) is 0 Å². The van der Waals surface area contributed by atoms with Crippen molar-refractivity contribution >= 4 is 17.1 Å². The van der Waals surface area contributed by atoms with Gasteiger partial charge in [-0.05, 0) is 56.3 Å². The van der Waals surface area contributed by atoms with Crippen LogP contribution in [0.3, 0.4) is 0 Å². The summed E-state index contributed by atoms with van der Waals surface area (Å²) in [5.41, 5.74) is 3.12. The van der Waals surface area contributed by atoms with Crippen molar-refractivity contribution in [3.63, 3.8) is 0 Å². The van der Waals surface area contributed by atoms with E-state index in [1.807, 2.05) is 10.7 Å². The van der Waals surface area contributed by atoms with Crippen LogP contribution < -0.4 is 10.2 Å². The van der Waals surface area contributed by atoms with Crippen molar-refractivity contribution < 1.29 is 14.6 Å². The van der Waals surface area contributed by atoms with Gasteiger partial charge in [-0.15, -0.1) is 0 Å². The smallest absolute Gasteiger partial charge is 0.225 e. The van der Waals surface area contributed by atoms with Crippen LogP contribution in [0.5, 0.6) is 0 Å². The second-order valence-electron chi connectivity index (χ2n) is 8.65. The number of aliphatic hydroxyl groups is 1. The summed E-state index contributed by atoms with van der Waals surface area (Å²) in [6.07, 6.45) is 6.61. The van der Waals surface area contributed by atoms with E-state index in [1.165, 1.54) is 18.4 Å². The minimum absolute atomic E-state index is 0.125. The number of nitrogens with zero attached hydrogens (tertiary/aromatic N) is 4. The van der Waals surface area contributed by atoms with Crippen molar-refractivity contribution in [2.75, 3.05) is 31.2 Å². The number of carbonyl (C=O) groups is 1. The number of ether oxygens (including phenoxy) is 1. The van der Waals surface area contributed by atoms with E-state index in [0.29, 0.717) is 31.0 Å². The molecule has 3 fully saturated rings. The number of aromatic nitrogens is 2. The average Bonchev–Trinajstić information content (AvgIpc) is 3.05. The molecular weight excluding hydrogens is 370 g/mol. The third-order valence-electron chi connectivity index (χ3n) is 6.69. The van der Waals surface area contributed by atoms with E-state index in [2.05, 4.69) is 34.4 Å². The van der Waals surface area contributed by atoms with Crippen LogP contribution in [0, 0.1) is 5.92 Å². The zero-order chi connectivity index (χ0) is 20.0. The van der Waals surface area contributed by atoms with Gasteiger partial charge < -0.3 is 20.1 Å². The molecule has 2 aromatic heterocycles. The number of piperidine rings is 1. The van der Waals surface area contributed by atoms with Crippen LogP contribution in [-0.4, -0.2) is 70.3 Å². The number of aliphatic hydroxyl groups excluding tert-OH is 1. The maximum absolute atomic E-state index is 11.5. The molecule has 1 amide bonds. The molecule has 3 saturated heterocycles. The number of anilines is 1. The summed E-state index contributed by atoms with van der Waals surface area (Å²) in [4.78, 5) is 15.9. The first-order valence-electron chi connectivity index (χ1n) is 10.6. The Balaban J connectivity index is 1.30. The first-order chi connectivity index (χ1) is 14.1. The molecule has 1 unspecified atom stereocenters. The van der Waals surface area contributed by atoms with Crippen LogP contribution in [0.1, 0.15) is 31.7 Å². The third kappa shape index (κ3) is 3.60. The molecule has 0 aliphatic carbocycles. The number of hydrogen-bond acceptors (Lipinski definition) is 6. The quantitative estimate of drug-likeness (QED) is 0.798. The minimum atomic E-state index is -1.01. The molecule has 0 bridgehead atoms. The fourth-order valence-electron chi connectivity index (χ4n) is 5.01. The van der Waals surface area contributed by atoms with E-state index in [0.717, 1.165) is 37.4 Å². The highest BCUT2D eigenvalue weighted by molar-refractivity contribution is 5.81. The van der Waals surface area contributed by atoms with E-state index in [4.69, 9.17) is 4.74 Å². The van der Waals surface area contributed by atoms with Gasteiger partial charge in [0.1, 0.15) is 0 Å². The van der Waals surface area contributed by atoms with Gasteiger partial charge in [-0.2, -0.15) is 5.10 Å². The van der Waals surface area contributed by atoms with E-state index in [-0.39, 0.29) is 5.91 Å². The number of hydrogen-bond donors (Lipinski definition) is 2. The molecule has 29 heavy (non-hydrogen) atoms. The van der Waals surface area contributed by atoms with Crippen LogP contribution in [0.2, 0.25) is 0 Å². The highest BCUT2D eigenvalue weighted by atomic mass is 16.5. The molecule has 3 atom stereocenters. The lowest BCUT2D eigenvalue weighted by atomic mass is 9.85. The summed E-state index contributed by atoms with van der Waals surface area (Å²) in [6, 6.07) is 5.55. The zero-order valence-corrected chi connectivity index (χ0v) is 16.8. The maximum Gasteiger partial charge on any atom is 0.225 e. The Labute approximate surface area is 170 Å². The lowest BCUT2D eigenvalue weighted by molar-refractivity contribution is -0.125. The molecule has 8 heteroatoms. The van der Waals surface area contributed by atoms with Crippen LogP contribution in [-0.2, 0) is 16.0 Å². The predicted octanol–water partition coefficient (Wildman–Crippen LogP) is 0.978. The summed E-state index contributed by atoms with van der Waals surface area (Å²) in [5, 5.41) is 17.3. The Morgan fingerprint density at radius 1 is 1.34 bits per heavy atom. The fraction of sp³-hybridized carbons (Fsp3) is 0.619. The minimum Gasteiger partial charge on any atom is -0.378 e. The van der Waals surface area contributed by atoms with Crippen molar-refractivity contribution in [1.82, 2.24) is 19.8 Å². The van der Waals surface area contributed by atoms with Gasteiger partial charge in [0.2, 0.25) is 12.3 Å². The first kappa shape index (κ1) is 18.8. The summed E-state index contributed by atoms with van der Waals surface area (Å²) in [6.45, 7) is 5.75. The average molecular weight is 399 g/mol. The third-order valence-corrected chi connectivity index (χ3v) is 6.69. The fourth-order valence-corrected chi connectivity index (χ4v) is 5.01. The lowest BCUT2D eigenvalue weighted by Gasteiger charge is -2.45. The van der Waals surface area contributed by atoms with Gasteiger partial charge in [0.05, 0.1) is 36.7 Å². The van der Waals surface area contributed by atoms with Crippen LogP contribution >= 0.6 is 0 Å². The molecule has 3 aliphatic rings. The molecule has 2 aromatic rings. The molecule has 3 aliphatic heterocycles.